The van der Waals surface area contributed by atoms with Gasteiger partial charge in [-0.3, -0.25) is 20.2 Å². The third-order valence-corrected chi connectivity index (χ3v) is 1.85. The van der Waals surface area contributed by atoms with Crippen LogP contribution in [0.4, 0.5) is 0 Å². The Morgan fingerprint density at radius 3 is 1.36 bits per heavy atom. The second kappa shape index (κ2) is 6.22. The lowest BCUT2D eigenvalue weighted by molar-refractivity contribution is -0.541. The highest BCUT2D eigenvalue weighted by atomic mass is 16.6. The molecule has 0 amide bonds. The first-order chi connectivity index (χ1) is 6.52. The fraction of sp³-hybridized carbons (Fsp3) is 1.00. The molecule has 0 saturated carbocycles. The van der Waals surface area contributed by atoms with Gasteiger partial charge in [0.2, 0.25) is 12.1 Å². The van der Waals surface area contributed by atoms with Crippen LogP contribution in [0.25, 0.3) is 0 Å². The largest absolute Gasteiger partial charge is 0.389 e. The number of nitrogens with zero attached hydrogens (tertiary/aromatic N) is 2. The van der Waals surface area contributed by atoms with Crippen LogP contribution in [0.3, 0.4) is 0 Å². The van der Waals surface area contributed by atoms with E-state index in [1.165, 1.54) is 0 Å². The van der Waals surface area contributed by atoms with Gasteiger partial charge in [0.1, 0.15) is 13.2 Å². The number of rotatable bonds is 7. The zero-order chi connectivity index (χ0) is 11.1. The standard InChI is InChI=1S/C6H12N2O6/c9-3-5(7(11)12)1-2-6(4-10)8(13)14/h5-6,9-10H,1-4H2/t5-,6-/m0/s1. The Kier molecular flexibility index (Phi) is 5.65. The molecular weight excluding hydrogens is 196 g/mol. The van der Waals surface area contributed by atoms with Crippen molar-refractivity contribution in [2.24, 2.45) is 0 Å². The van der Waals surface area contributed by atoms with Crippen LogP contribution in [-0.4, -0.2) is 45.4 Å². The van der Waals surface area contributed by atoms with Crippen LogP contribution < -0.4 is 0 Å². The summed E-state index contributed by atoms with van der Waals surface area (Å²) in [5, 5.41) is 37.5. The van der Waals surface area contributed by atoms with E-state index < -0.39 is 35.1 Å². The molecule has 2 N–H and O–H groups in total. The van der Waals surface area contributed by atoms with Crippen molar-refractivity contribution in [1.29, 1.82) is 0 Å². The molecule has 0 aromatic carbocycles. The molecule has 0 aromatic heterocycles. The van der Waals surface area contributed by atoms with Crippen molar-refractivity contribution in [3.8, 4) is 0 Å². The lowest BCUT2D eigenvalue weighted by Crippen LogP contribution is -2.29. The van der Waals surface area contributed by atoms with Crippen LogP contribution in [0.2, 0.25) is 0 Å². The molecule has 0 unspecified atom stereocenters. The van der Waals surface area contributed by atoms with Crippen LogP contribution in [0.5, 0.6) is 0 Å². The molecule has 0 saturated heterocycles. The van der Waals surface area contributed by atoms with Gasteiger partial charge in [-0.2, -0.15) is 0 Å². The molecule has 0 aliphatic carbocycles. The fourth-order valence-corrected chi connectivity index (χ4v) is 0.911. The summed E-state index contributed by atoms with van der Waals surface area (Å²) < 4.78 is 0. The summed E-state index contributed by atoms with van der Waals surface area (Å²) in [4.78, 5) is 19.1. The maximum atomic E-state index is 10.2. The van der Waals surface area contributed by atoms with Gasteiger partial charge < -0.3 is 10.2 Å². The van der Waals surface area contributed by atoms with E-state index in [9.17, 15) is 20.2 Å². The lowest BCUT2D eigenvalue weighted by atomic mass is 10.1. The summed E-state index contributed by atoms with van der Waals surface area (Å²) in [6, 6.07) is -2.38. The van der Waals surface area contributed by atoms with Crippen molar-refractivity contribution in [3.63, 3.8) is 0 Å². The van der Waals surface area contributed by atoms with Gasteiger partial charge in [0, 0.05) is 22.7 Å². The Morgan fingerprint density at radius 1 is 0.929 bits per heavy atom. The Bertz CT molecular complexity index is 186. The quantitative estimate of drug-likeness (QED) is 0.409. The maximum Gasteiger partial charge on any atom is 0.236 e. The zero-order valence-electron chi connectivity index (χ0n) is 7.40. The zero-order valence-corrected chi connectivity index (χ0v) is 7.40. The summed E-state index contributed by atoms with van der Waals surface area (Å²) in [5.41, 5.74) is 0. The number of aliphatic hydroxyl groups excluding tert-OH is 2. The molecule has 0 bridgehead atoms. The molecule has 0 heterocycles. The van der Waals surface area contributed by atoms with Crippen molar-refractivity contribution in [1.82, 2.24) is 0 Å². The highest BCUT2D eigenvalue weighted by molar-refractivity contribution is 4.60. The molecule has 8 nitrogen and oxygen atoms in total. The minimum atomic E-state index is -1.19. The molecule has 82 valence electrons. The molecule has 14 heavy (non-hydrogen) atoms. The summed E-state index contributed by atoms with van der Waals surface area (Å²) in [7, 11) is 0. The van der Waals surface area contributed by atoms with Gasteiger partial charge in [0.05, 0.1) is 0 Å². The third kappa shape index (κ3) is 4.10. The first-order valence-corrected chi connectivity index (χ1v) is 4.01. The van der Waals surface area contributed by atoms with E-state index in [-0.39, 0.29) is 12.8 Å². The van der Waals surface area contributed by atoms with E-state index in [4.69, 9.17) is 10.2 Å². The molecular formula is C6H12N2O6. The highest BCUT2D eigenvalue weighted by Crippen LogP contribution is 2.06. The predicted octanol–water partition coefficient (Wildman–Crippen LogP) is -0.958. The minimum Gasteiger partial charge on any atom is -0.389 e. The fourth-order valence-electron chi connectivity index (χ4n) is 0.911. The van der Waals surface area contributed by atoms with Crippen LogP contribution >= 0.6 is 0 Å². The first-order valence-electron chi connectivity index (χ1n) is 4.01. The normalized spacial score (nSPS) is 14.7. The Morgan fingerprint density at radius 2 is 1.21 bits per heavy atom. The second-order valence-electron chi connectivity index (χ2n) is 2.82. The van der Waals surface area contributed by atoms with Gasteiger partial charge >= 0.3 is 0 Å². The molecule has 2 atom stereocenters. The van der Waals surface area contributed by atoms with Crippen LogP contribution in [0.15, 0.2) is 0 Å². The van der Waals surface area contributed by atoms with Gasteiger partial charge in [0.25, 0.3) is 0 Å². The van der Waals surface area contributed by atoms with Crippen molar-refractivity contribution in [2.75, 3.05) is 13.2 Å². The number of hydrogen-bond acceptors (Lipinski definition) is 6. The number of hydrogen-bond donors (Lipinski definition) is 2. The molecule has 0 radical (unpaired) electrons. The van der Waals surface area contributed by atoms with Crippen molar-refractivity contribution < 1.29 is 20.1 Å². The molecule has 0 aromatic rings. The van der Waals surface area contributed by atoms with E-state index in [0.717, 1.165) is 0 Å². The topological polar surface area (TPSA) is 127 Å². The summed E-state index contributed by atoms with van der Waals surface area (Å²) in [6.45, 7) is -1.30. The molecule has 0 aliphatic rings. The molecule has 8 heteroatoms. The Hall–Kier alpha value is -1.28. The number of nitro groups is 2. The Balaban J connectivity index is 4.00. The van der Waals surface area contributed by atoms with Crippen molar-refractivity contribution >= 4 is 0 Å². The Labute approximate surface area is 79.5 Å². The molecule has 0 aliphatic heterocycles. The van der Waals surface area contributed by atoms with Crippen molar-refractivity contribution in [3.05, 3.63) is 20.2 Å². The maximum absolute atomic E-state index is 10.2. The van der Waals surface area contributed by atoms with E-state index in [2.05, 4.69) is 0 Å². The van der Waals surface area contributed by atoms with Gasteiger partial charge in [-0.1, -0.05) is 0 Å². The highest BCUT2D eigenvalue weighted by Gasteiger charge is 2.25. The summed E-state index contributed by atoms with van der Waals surface area (Å²) in [5.74, 6) is 0. The summed E-state index contributed by atoms with van der Waals surface area (Å²) >= 11 is 0. The minimum absolute atomic E-state index is 0.115. The molecule has 0 spiro atoms. The van der Waals surface area contributed by atoms with E-state index in [1.807, 2.05) is 0 Å². The van der Waals surface area contributed by atoms with Crippen LogP contribution in [-0.2, 0) is 0 Å². The number of aliphatic hydroxyl groups is 2. The smallest absolute Gasteiger partial charge is 0.236 e. The SMILES string of the molecule is O=[N+]([O-])[C@H](CO)CC[C@@H](CO)[N+](=O)[O-]. The predicted molar refractivity (Wildman–Crippen MR) is 45.0 cm³/mol. The average molecular weight is 208 g/mol. The van der Waals surface area contributed by atoms with Gasteiger partial charge in [0.15, 0.2) is 0 Å². The second-order valence-corrected chi connectivity index (χ2v) is 2.82. The van der Waals surface area contributed by atoms with Gasteiger partial charge in [-0.25, -0.2) is 0 Å². The van der Waals surface area contributed by atoms with Crippen LogP contribution in [0.1, 0.15) is 12.8 Å². The molecule has 0 fully saturated rings. The van der Waals surface area contributed by atoms with Gasteiger partial charge in [-0.15, -0.1) is 0 Å². The average Bonchev–Trinajstić information content (AvgIpc) is 2.11. The van der Waals surface area contributed by atoms with E-state index >= 15 is 0 Å². The first kappa shape index (κ1) is 12.7. The summed E-state index contributed by atoms with van der Waals surface area (Å²) in [6.07, 6.45) is -0.231. The van der Waals surface area contributed by atoms with E-state index in [1.54, 1.807) is 0 Å². The molecule has 0 rings (SSSR count). The van der Waals surface area contributed by atoms with Gasteiger partial charge in [-0.05, 0) is 0 Å². The van der Waals surface area contributed by atoms with Crippen molar-refractivity contribution in [2.45, 2.75) is 24.9 Å². The van der Waals surface area contributed by atoms with E-state index in [0.29, 0.717) is 0 Å². The lowest BCUT2D eigenvalue weighted by Gasteiger charge is -2.08. The monoisotopic (exact) mass is 208 g/mol. The third-order valence-electron chi connectivity index (χ3n) is 1.85. The van der Waals surface area contributed by atoms with Crippen LogP contribution in [0, 0.1) is 20.2 Å².